The van der Waals surface area contributed by atoms with Gasteiger partial charge < -0.3 is 10.3 Å². The molecule has 0 aromatic carbocycles. The summed E-state index contributed by atoms with van der Waals surface area (Å²) in [7, 11) is -3.40. The average Bonchev–Trinajstić information content (AvgIpc) is 3.19. The summed E-state index contributed by atoms with van der Waals surface area (Å²) < 4.78 is 26.8. The van der Waals surface area contributed by atoms with Gasteiger partial charge in [-0.2, -0.15) is 4.31 Å². The van der Waals surface area contributed by atoms with Crippen LogP contribution in [0, 0.1) is 5.92 Å². The van der Waals surface area contributed by atoms with Crippen molar-refractivity contribution in [1.82, 2.24) is 19.6 Å². The number of hydrogen-bond donors (Lipinski definition) is 2. The Hall–Kier alpha value is -0.920. The second-order valence-electron chi connectivity index (χ2n) is 5.99. The fourth-order valence-corrected chi connectivity index (χ4v) is 4.83. The van der Waals surface area contributed by atoms with Crippen LogP contribution in [-0.4, -0.2) is 48.4 Å². The van der Waals surface area contributed by atoms with E-state index in [1.165, 1.54) is 19.0 Å². The first-order valence-electron chi connectivity index (χ1n) is 7.88. The van der Waals surface area contributed by atoms with E-state index in [0.29, 0.717) is 31.5 Å². The Bertz CT molecular complexity index is 570. The molecule has 2 aliphatic heterocycles. The van der Waals surface area contributed by atoms with Crippen LogP contribution in [-0.2, 0) is 16.4 Å². The summed E-state index contributed by atoms with van der Waals surface area (Å²) >= 11 is 0. The van der Waals surface area contributed by atoms with Gasteiger partial charge in [0.1, 0.15) is 5.82 Å². The molecule has 1 aromatic rings. The molecular weight excluding hydrogens is 288 g/mol. The topological polar surface area (TPSA) is 78.1 Å². The molecule has 2 aliphatic rings. The van der Waals surface area contributed by atoms with E-state index in [9.17, 15) is 8.42 Å². The Morgan fingerprint density at radius 2 is 2.10 bits per heavy atom. The molecule has 2 saturated heterocycles. The molecule has 1 aromatic heterocycles. The first kappa shape index (κ1) is 15.0. The van der Waals surface area contributed by atoms with Crippen molar-refractivity contribution >= 4 is 10.0 Å². The van der Waals surface area contributed by atoms with Crippen LogP contribution in [0.25, 0.3) is 0 Å². The molecule has 2 N–H and O–H groups in total. The van der Waals surface area contributed by atoms with Gasteiger partial charge in [-0.25, -0.2) is 13.4 Å². The molecule has 21 heavy (non-hydrogen) atoms. The molecule has 1 unspecified atom stereocenters. The Kier molecular flexibility index (Phi) is 4.33. The summed E-state index contributed by atoms with van der Waals surface area (Å²) in [5.41, 5.74) is 0. The van der Waals surface area contributed by atoms with Crippen LogP contribution in [0.5, 0.6) is 0 Å². The Morgan fingerprint density at radius 3 is 2.67 bits per heavy atom. The molecule has 2 fully saturated rings. The van der Waals surface area contributed by atoms with Crippen LogP contribution in [0.3, 0.4) is 0 Å². The van der Waals surface area contributed by atoms with E-state index >= 15 is 0 Å². The zero-order valence-corrected chi connectivity index (χ0v) is 13.3. The van der Waals surface area contributed by atoms with E-state index in [-0.39, 0.29) is 5.03 Å². The van der Waals surface area contributed by atoms with Gasteiger partial charge in [-0.1, -0.05) is 6.92 Å². The molecular formula is C14H24N4O2S. The molecule has 3 heterocycles. The lowest BCUT2D eigenvalue weighted by Gasteiger charge is -2.33. The molecule has 1 atom stereocenters. The molecule has 0 amide bonds. The van der Waals surface area contributed by atoms with Crippen LogP contribution < -0.4 is 5.32 Å². The fourth-order valence-electron chi connectivity index (χ4n) is 3.43. The third kappa shape index (κ3) is 3.00. The van der Waals surface area contributed by atoms with Gasteiger partial charge in [0.2, 0.25) is 0 Å². The second kappa shape index (κ2) is 6.06. The summed E-state index contributed by atoms with van der Waals surface area (Å²) in [4.78, 5) is 7.02. The number of imidazole rings is 1. The van der Waals surface area contributed by atoms with Gasteiger partial charge >= 0.3 is 0 Å². The fraction of sp³-hybridized carbons (Fsp3) is 0.786. The number of nitrogens with one attached hydrogen (secondary N) is 2. The van der Waals surface area contributed by atoms with E-state index in [1.54, 1.807) is 4.31 Å². The van der Waals surface area contributed by atoms with Crippen LogP contribution >= 0.6 is 0 Å². The van der Waals surface area contributed by atoms with Crippen LogP contribution in [0.15, 0.2) is 11.2 Å². The summed E-state index contributed by atoms with van der Waals surface area (Å²) in [5.74, 6) is 1.34. The second-order valence-corrected chi connectivity index (χ2v) is 7.90. The molecule has 0 radical (unpaired) electrons. The molecule has 0 bridgehead atoms. The third-order valence-corrected chi connectivity index (χ3v) is 6.53. The van der Waals surface area contributed by atoms with Crippen molar-refractivity contribution < 1.29 is 8.42 Å². The number of sulfonamides is 1. The van der Waals surface area contributed by atoms with Gasteiger partial charge in [0.15, 0.2) is 5.03 Å². The number of aromatic amines is 1. The average molecular weight is 312 g/mol. The Morgan fingerprint density at radius 1 is 1.33 bits per heavy atom. The van der Waals surface area contributed by atoms with Crippen molar-refractivity contribution in [2.24, 2.45) is 5.92 Å². The molecule has 0 aliphatic carbocycles. The molecule has 0 saturated carbocycles. The van der Waals surface area contributed by atoms with E-state index in [4.69, 9.17) is 0 Å². The lowest BCUT2D eigenvalue weighted by molar-refractivity contribution is 0.233. The third-order valence-electron chi connectivity index (χ3n) is 4.72. The normalized spacial score (nSPS) is 25.5. The van der Waals surface area contributed by atoms with E-state index in [2.05, 4.69) is 15.3 Å². The van der Waals surface area contributed by atoms with E-state index < -0.39 is 10.0 Å². The molecule has 118 valence electrons. The van der Waals surface area contributed by atoms with Crippen LogP contribution in [0.1, 0.15) is 38.4 Å². The van der Waals surface area contributed by atoms with E-state index in [1.807, 2.05) is 6.92 Å². The molecule has 0 spiro atoms. The lowest BCUT2D eigenvalue weighted by Crippen LogP contribution is -2.43. The smallest absolute Gasteiger partial charge is 0.260 e. The molecule has 6 nitrogen and oxygen atoms in total. The monoisotopic (exact) mass is 312 g/mol. The highest BCUT2D eigenvalue weighted by Crippen LogP contribution is 2.28. The minimum Gasteiger partial charge on any atom is -0.332 e. The Labute approximate surface area is 126 Å². The summed E-state index contributed by atoms with van der Waals surface area (Å²) in [5, 5.41) is 3.77. The highest BCUT2D eigenvalue weighted by atomic mass is 32.2. The standard InChI is InChI=1S/C14H24N4O2S/c1-2-13-16-10-14(17-13)21(19,20)18-8-5-11(6-9-18)12-4-3-7-15-12/h10-12,15H,2-9H2,1H3,(H,16,17). The Balaban J connectivity index is 1.65. The van der Waals surface area contributed by atoms with Crippen molar-refractivity contribution in [3.05, 3.63) is 12.0 Å². The van der Waals surface area contributed by atoms with Crippen LogP contribution in [0.2, 0.25) is 0 Å². The minimum absolute atomic E-state index is 0.233. The number of hydrogen-bond acceptors (Lipinski definition) is 4. The first-order chi connectivity index (χ1) is 10.1. The predicted molar refractivity (Wildman–Crippen MR) is 80.5 cm³/mol. The van der Waals surface area contributed by atoms with Crippen molar-refractivity contribution in [2.45, 2.75) is 50.1 Å². The highest BCUT2D eigenvalue weighted by Gasteiger charge is 2.34. The number of rotatable bonds is 4. The number of piperidine rings is 1. The van der Waals surface area contributed by atoms with Gasteiger partial charge in [0, 0.05) is 25.6 Å². The predicted octanol–water partition coefficient (Wildman–Crippen LogP) is 1.12. The van der Waals surface area contributed by atoms with Crippen molar-refractivity contribution in [3.8, 4) is 0 Å². The summed E-state index contributed by atoms with van der Waals surface area (Å²) in [6.45, 7) is 4.30. The summed E-state index contributed by atoms with van der Waals surface area (Å²) in [6, 6.07) is 0.591. The lowest BCUT2D eigenvalue weighted by atomic mass is 9.89. The van der Waals surface area contributed by atoms with Crippen LogP contribution in [0.4, 0.5) is 0 Å². The highest BCUT2D eigenvalue weighted by molar-refractivity contribution is 7.89. The van der Waals surface area contributed by atoms with Crippen molar-refractivity contribution in [2.75, 3.05) is 19.6 Å². The van der Waals surface area contributed by atoms with Crippen molar-refractivity contribution in [1.29, 1.82) is 0 Å². The molecule has 7 heteroatoms. The number of nitrogens with zero attached hydrogens (tertiary/aromatic N) is 2. The zero-order valence-electron chi connectivity index (χ0n) is 12.5. The van der Waals surface area contributed by atoms with Gasteiger partial charge in [-0.15, -0.1) is 0 Å². The largest absolute Gasteiger partial charge is 0.332 e. The maximum atomic E-state index is 12.6. The van der Waals surface area contributed by atoms with Gasteiger partial charge in [0.25, 0.3) is 10.0 Å². The first-order valence-corrected chi connectivity index (χ1v) is 9.32. The molecule has 3 rings (SSSR count). The zero-order chi connectivity index (χ0) is 14.9. The van der Waals surface area contributed by atoms with Gasteiger partial charge in [0.05, 0.1) is 6.20 Å². The summed E-state index contributed by atoms with van der Waals surface area (Å²) in [6.07, 6.45) is 6.54. The number of H-pyrrole nitrogens is 1. The van der Waals surface area contributed by atoms with Crippen molar-refractivity contribution in [3.63, 3.8) is 0 Å². The van der Waals surface area contributed by atoms with Gasteiger partial charge in [-0.3, -0.25) is 0 Å². The maximum absolute atomic E-state index is 12.6. The minimum atomic E-state index is -3.40. The maximum Gasteiger partial charge on any atom is 0.260 e. The quantitative estimate of drug-likeness (QED) is 0.873. The van der Waals surface area contributed by atoms with E-state index in [0.717, 1.165) is 25.2 Å². The SMILES string of the molecule is CCc1ncc(S(=O)(=O)N2CCC(C3CCCN3)CC2)[nH]1. The van der Waals surface area contributed by atoms with Gasteiger partial charge in [-0.05, 0) is 38.1 Å². The number of aryl methyl sites for hydroxylation is 1. The number of aromatic nitrogens is 2.